The molecule has 1 heterocycles. The number of benzene rings is 1. The SMILES string of the molecule is NC1CCCC1c1nc(Cc2ccc(F)cc2Cl)no1. The summed E-state index contributed by atoms with van der Waals surface area (Å²) >= 11 is 5.99. The molecular formula is C14H15ClFN3O. The molecule has 1 aliphatic rings. The van der Waals surface area contributed by atoms with Crippen LogP contribution in [0.1, 0.15) is 42.5 Å². The molecule has 106 valence electrons. The maximum Gasteiger partial charge on any atom is 0.231 e. The maximum absolute atomic E-state index is 13.0. The van der Waals surface area contributed by atoms with Gasteiger partial charge in [-0.15, -0.1) is 0 Å². The fourth-order valence-electron chi connectivity index (χ4n) is 2.62. The summed E-state index contributed by atoms with van der Waals surface area (Å²) in [6.45, 7) is 0. The molecule has 0 spiro atoms. The van der Waals surface area contributed by atoms with E-state index in [9.17, 15) is 4.39 Å². The minimum absolute atomic E-state index is 0.0951. The average Bonchev–Trinajstić information content (AvgIpc) is 3.01. The van der Waals surface area contributed by atoms with Gasteiger partial charge in [0.2, 0.25) is 5.89 Å². The van der Waals surface area contributed by atoms with Crippen LogP contribution in [0.5, 0.6) is 0 Å². The Bertz CT molecular complexity index is 616. The number of nitrogens with zero attached hydrogens (tertiary/aromatic N) is 2. The van der Waals surface area contributed by atoms with Crippen LogP contribution in [-0.2, 0) is 6.42 Å². The third kappa shape index (κ3) is 2.69. The first-order valence-electron chi connectivity index (χ1n) is 6.65. The lowest BCUT2D eigenvalue weighted by atomic mass is 10.1. The molecule has 3 rings (SSSR count). The van der Waals surface area contributed by atoms with Gasteiger partial charge in [0, 0.05) is 17.5 Å². The molecule has 1 fully saturated rings. The molecule has 2 unspecified atom stereocenters. The minimum Gasteiger partial charge on any atom is -0.339 e. The lowest BCUT2D eigenvalue weighted by Gasteiger charge is -2.08. The highest BCUT2D eigenvalue weighted by molar-refractivity contribution is 6.31. The second kappa shape index (κ2) is 5.50. The second-order valence-electron chi connectivity index (χ2n) is 5.16. The molecular weight excluding hydrogens is 281 g/mol. The van der Waals surface area contributed by atoms with Crippen LogP contribution < -0.4 is 5.73 Å². The normalized spacial score (nSPS) is 22.4. The molecule has 1 saturated carbocycles. The molecule has 1 aromatic carbocycles. The molecule has 20 heavy (non-hydrogen) atoms. The molecule has 6 heteroatoms. The van der Waals surface area contributed by atoms with E-state index in [4.69, 9.17) is 21.9 Å². The number of rotatable bonds is 3. The Morgan fingerprint density at radius 2 is 2.25 bits per heavy atom. The van der Waals surface area contributed by atoms with E-state index in [1.807, 2.05) is 0 Å². The molecule has 2 aromatic rings. The van der Waals surface area contributed by atoms with Gasteiger partial charge in [0.1, 0.15) is 5.82 Å². The summed E-state index contributed by atoms with van der Waals surface area (Å²) in [5.74, 6) is 0.945. The van der Waals surface area contributed by atoms with Crippen LogP contribution in [0.4, 0.5) is 4.39 Å². The Balaban J connectivity index is 1.77. The zero-order valence-electron chi connectivity index (χ0n) is 10.9. The molecule has 2 atom stereocenters. The predicted molar refractivity (Wildman–Crippen MR) is 73.1 cm³/mol. The van der Waals surface area contributed by atoms with Crippen LogP contribution in [0, 0.1) is 5.82 Å². The van der Waals surface area contributed by atoms with Gasteiger partial charge in [0.25, 0.3) is 0 Å². The zero-order chi connectivity index (χ0) is 14.1. The number of hydrogen-bond acceptors (Lipinski definition) is 4. The van der Waals surface area contributed by atoms with Crippen molar-refractivity contribution in [1.82, 2.24) is 10.1 Å². The number of nitrogens with two attached hydrogens (primary N) is 1. The highest BCUT2D eigenvalue weighted by atomic mass is 35.5. The first kappa shape index (κ1) is 13.5. The van der Waals surface area contributed by atoms with Gasteiger partial charge in [0.05, 0.1) is 5.92 Å². The Hall–Kier alpha value is -1.46. The molecule has 2 N–H and O–H groups in total. The minimum atomic E-state index is -0.357. The Labute approximate surface area is 121 Å². The summed E-state index contributed by atoms with van der Waals surface area (Å²) in [5, 5.41) is 4.33. The van der Waals surface area contributed by atoms with Crippen molar-refractivity contribution in [1.29, 1.82) is 0 Å². The Kier molecular flexibility index (Phi) is 3.72. The fraction of sp³-hybridized carbons (Fsp3) is 0.429. The summed E-state index contributed by atoms with van der Waals surface area (Å²) in [4.78, 5) is 4.39. The van der Waals surface area contributed by atoms with Gasteiger partial charge in [-0.3, -0.25) is 0 Å². The predicted octanol–water partition coefficient (Wildman–Crippen LogP) is 3.05. The van der Waals surface area contributed by atoms with E-state index in [-0.39, 0.29) is 17.8 Å². The molecule has 0 amide bonds. The smallest absolute Gasteiger partial charge is 0.231 e. The highest BCUT2D eigenvalue weighted by Gasteiger charge is 2.30. The van der Waals surface area contributed by atoms with Crippen molar-refractivity contribution in [3.05, 3.63) is 46.3 Å². The quantitative estimate of drug-likeness (QED) is 0.945. The van der Waals surface area contributed by atoms with E-state index in [2.05, 4.69) is 10.1 Å². The molecule has 1 aliphatic carbocycles. The van der Waals surface area contributed by atoms with E-state index in [1.165, 1.54) is 12.1 Å². The maximum atomic E-state index is 13.0. The van der Waals surface area contributed by atoms with Crippen LogP contribution >= 0.6 is 11.6 Å². The van der Waals surface area contributed by atoms with Crippen LogP contribution in [0.2, 0.25) is 5.02 Å². The summed E-state index contributed by atoms with van der Waals surface area (Å²) in [7, 11) is 0. The number of halogens is 2. The Morgan fingerprint density at radius 3 is 2.95 bits per heavy atom. The number of hydrogen-bond donors (Lipinski definition) is 1. The van der Waals surface area contributed by atoms with Gasteiger partial charge in [-0.1, -0.05) is 29.2 Å². The summed E-state index contributed by atoms with van der Waals surface area (Å²) in [6, 6.07) is 4.38. The van der Waals surface area contributed by atoms with Crippen molar-refractivity contribution in [3.63, 3.8) is 0 Å². The largest absolute Gasteiger partial charge is 0.339 e. The average molecular weight is 296 g/mol. The van der Waals surface area contributed by atoms with Crippen molar-refractivity contribution in [3.8, 4) is 0 Å². The van der Waals surface area contributed by atoms with Crippen LogP contribution in [-0.4, -0.2) is 16.2 Å². The van der Waals surface area contributed by atoms with Crippen molar-refractivity contribution in [2.24, 2.45) is 5.73 Å². The third-order valence-electron chi connectivity index (χ3n) is 3.73. The zero-order valence-corrected chi connectivity index (χ0v) is 11.6. The summed E-state index contributed by atoms with van der Waals surface area (Å²) in [5.41, 5.74) is 6.80. The van der Waals surface area contributed by atoms with Crippen LogP contribution in [0.25, 0.3) is 0 Å². The fourth-order valence-corrected chi connectivity index (χ4v) is 2.85. The van der Waals surface area contributed by atoms with Crippen molar-refractivity contribution < 1.29 is 8.91 Å². The van der Waals surface area contributed by atoms with Crippen molar-refractivity contribution in [2.75, 3.05) is 0 Å². The molecule has 4 nitrogen and oxygen atoms in total. The van der Waals surface area contributed by atoms with Crippen LogP contribution in [0.3, 0.4) is 0 Å². The third-order valence-corrected chi connectivity index (χ3v) is 4.09. The van der Waals surface area contributed by atoms with Crippen LogP contribution in [0.15, 0.2) is 22.7 Å². The molecule has 1 aromatic heterocycles. The molecule has 0 aliphatic heterocycles. The van der Waals surface area contributed by atoms with Gasteiger partial charge < -0.3 is 10.3 Å². The second-order valence-corrected chi connectivity index (χ2v) is 5.57. The summed E-state index contributed by atoms with van der Waals surface area (Å²) in [6.07, 6.45) is 3.49. The Morgan fingerprint density at radius 1 is 1.40 bits per heavy atom. The van der Waals surface area contributed by atoms with Gasteiger partial charge >= 0.3 is 0 Å². The lowest BCUT2D eigenvalue weighted by Crippen LogP contribution is -2.22. The standard InChI is InChI=1S/C14H15ClFN3O/c15-11-7-9(16)5-4-8(11)6-13-18-14(20-19-13)10-2-1-3-12(10)17/h4-5,7,10,12H,1-3,6,17H2. The first-order chi connectivity index (χ1) is 9.63. The van der Waals surface area contributed by atoms with E-state index in [0.717, 1.165) is 24.8 Å². The van der Waals surface area contributed by atoms with E-state index >= 15 is 0 Å². The molecule has 0 saturated heterocycles. The lowest BCUT2D eigenvalue weighted by molar-refractivity contribution is 0.342. The topological polar surface area (TPSA) is 64.9 Å². The van der Waals surface area contributed by atoms with Crippen molar-refractivity contribution in [2.45, 2.75) is 37.6 Å². The monoisotopic (exact) mass is 295 g/mol. The van der Waals surface area contributed by atoms with Gasteiger partial charge in [0.15, 0.2) is 5.82 Å². The van der Waals surface area contributed by atoms with Gasteiger partial charge in [-0.25, -0.2) is 4.39 Å². The molecule has 0 radical (unpaired) electrons. The first-order valence-corrected chi connectivity index (χ1v) is 7.03. The van der Waals surface area contributed by atoms with Crippen molar-refractivity contribution >= 4 is 11.6 Å². The van der Waals surface area contributed by atoms with E-state index in [0.29, 0.717) is 23.2 Å². The van der Waals surface area contributed by atoms with Gasteiger partial charge in [-0.05, 0) is 30.5 Å². The molecule has 0 bridgehead atoms. The highest BCUT2D eigenvalue weighted by Crippen LogP contribution is 2.32. The number of aromatic nitrogens is 2. The van der Waals surface area contributed by atoms with E-state index < -0.39 is 0 Å². The van der Waals surface area contributed by atoms with E-state index in [1.54, 1.807) is 6.07 Å². The van der Waals surface area contributed by atoms with Gasteiger partial charge in [-0.2, -0.15) is 4.98 Å². The summed E-state index contributed by atoms with van der Waals surface area (Å²) < 4.78 is 18.3.